The van der Waals surface area contributed by atoms with E-state index >= 15 is 0 Å². The zero-order chi connectivity index (χ0) is 23.5. The maximum Gasteiger partial charge on any atom is 0.341 e. The largest absolute Gasteiger partial charge is 0.344 e. The first-order valence-corrected chi connectivity index (χ1v) is 10.5. The Hall–Kier alpha value is -4.04. The topological polar surface area (TPSA) is 101 Å². The first-order chi connectivity index (χ1) is 16.0. The monoisotopic (exact) mass is 446 g/mol. The van der Waals surface area contributed by atoms with Crippen LogP contribution in [0.2, 0.25) is 0 Å². The molecule has 1 atom stereocenters. The fourth-order valence-electron chi connectivity index (χ4n) is 3.02. The number of nitrogens with zero attached hydrogens (tertiary/aromatic N) is 2. The predicted octanol–water partition coefficient (Wildman–Crippen LogP) is 2.65. The predicted molar refractivity (Wildman–Crippen MR) is 123 cm³/mol. The minimum Gasteiger partial charge on any atom is -0.344 e. The molecule has 1 unspecified atom stereocenters. The molecule has 3 amide bonds. The molecule has 0 spiro atoms. The van der Waals surface area contributed by atoms with Gasteiger partial charge in [-0.3, -0.25) is 19.4 Å². The number of rotatable bonds is 10. The fraction of sp³-hybridized carbons (Fsp3) is 0.200. The van der Waals surface area contributed by atoms with Crippen molar-refractivity contribution in [2.24, 2.45) is 0 Å². The van der Waals surface area contributed by atoms with Crippen molar-refractivity contribution < 1.29 is 19.2 Å². The van der Waals surface area contributed by atoms with Gasteiger partial charge < -0.3 is 10.6 Å². The van der Waals surface area contributed by atoms with E-state index in [0.29, 0.717) is 5.69 Å². The number of ketones is 1. The highest BCUT2D eigenvalue weighted by molar-refractivity contribution is 6.38. The smallest absolute Gasteiger partial charge is 0.341 e. The van der Waals surface area contributed by atoms with Crippen LogP contribution >= 0.6 is 0 Å². The number of benzene rings is 2. The van der Waals surface area contributed by atoms with E-state index in [2.05, 4.69) is 15.6 Å². The Kier molecular flexibility index (Phi) is 8.67. The van der Waals surface area contributed by atoms with Crippen LogP contribution in [0.4, 0.5) is 4.79 Å². The third-order valence-corrected chi connectivity index (χ3v) is 4.83. The summed E-state index contributed by atoms with van der Waals surface area (Å²) in [4.78, 5) is 47.7. The summed E-state index contributed by atoms with van der Waals surface area (Å²) in [5, 5.41) is 6.20. The van der Waals surface area contributed by atoms with E-state index in [9.17, 15) is 14.4 Å². The molecular formula is C25H26N4O4. The molecule has 0 aliphatic carbocycles. The molecule has 33 heavy (non-hydrogen) atoms. The lowest BCUT2D eigenvalue weighted by Gasteiger charge is -2.22. The number of carbonyl (C=O) groups excluding carboxylic acids is 3. The van der Waals surface area contributed by atoms with Crippen molar-refractivity contribution in [1.29, 1.82) is 0 Å². The maximum atomic E-state index is 12.9. The van der Waals surface area contributed by atoms with Crippen molar-refractivity contribution in [2.75, 3.05) is 7.05 Å². The molecule has 8 nitrogen and oxygen atoms in total. The molecule has 0 saturated heterocycles. The summed E-state index contributed by atoms with van der Waals surface area (Å²) >= 11 is 0. The molecule has 0 radical (unpaired) electrons. The Morgan fingerprint density at radius 1 is 0.909 bits per heavy atom. The van der Waals surface area contributed by atoms with Gasteiger partial charge in [-0.05, 0) is 23.3 Å². The summed E-state index contributed by atoms with van der Waals surface area (Å²) < 4.78 is 0. The number of nitrogens with one attached hydrogen (secondary N) is 2. The third-order valence-electron chi connectivity index (χ3n) is 4.83. The molecule has 0 fully saturated rings. The number of carbonyl (C=O) groups is 3. The van der Waals surface area contributed by atoms with Crippen LogP contribution in [0.1, 0.15) is 16.8 Å². The highest BCUT2D eigenvalue weighted by Crippen LogP contribution is 2.07. The van der Waals surface area contributed by atoms with Crippen molar-refractivity contribution in [3.05, 3.63) is 102 Å². The van der Waals surface area contributed by atoms with Crippen LogP contribution in [0.5, 0.6) is 0 Å². The number of pyridine rings is 1. The molecule has 0 aliphatic rings. The van der Waals surface area contributed by atoms with E-state index in [1.54, 1.807) is 24.4 Å². The molecule has 2 aromatic carbocycles. The fourth-order valence-corrected chi connectivity index (χ4v) is 3.02. The van der Waals surface area contributed by atoms with Gasteiger partial charge in [0.2, 0.25) is 5.78 Å². The highest BCUT2D eigenvalue weighted by Gasteiger charge is 2.28. The molecular weight excluding hydrogens is 420 g/mol. The standard InChI is InChI=1S/C25H26N4O4/c1-29(33-18-20-12-6-3-7-13-20)25(32)28-22(16-19-10-4-2-5-11-19)23(30)24(31)27-17-21-14-8-9-15-26-21/h2-15,22H,16-18H2,1H3,(H,27,31)(H,28,32). The van der Waals surface area contributed by atoms with Crippen LogP contribution in [0.15, 0.2) is 85.1 Å². The second-order valence-corrected chi connectivity index (χ2v) is 7.32. The SMILES string of the molecule is CN(OCc1ccccc1)C(=O)NC(Cc1ccccc1)C(=O)C(=O)NCc1ccccn1. The number of urea groups is 1. The molecule has 170 valence electrons. The zero-order valence-electron chi connectivity index (χ0n) is 18.3. The Morgan fingerprint density at radius 3 is 2.18 bits per heavy atom. The van der Waals surface area contributed by atoms with E-state index in [-0.39, 0.29) is 19.6 Å². The Bertz CT molecular complexity index is 1050. The summed E-state index contributed by atoms with van der Waals surface area (Å²) in [5.74, 6) is -1.55. The summed E-state index contributed by atoms with van der Waals surface area (Å²) in [5.41, 5.74) is 2.32. The van der Waals surface area contributed by atoms with Gasteiger partial charge in [0.1, 0.15) is 12.6 Å². The molecule has 3 aromatic rings. The second-order valence-electron chi connectivity index (χ2n) is 7.32. The summed E-state index contributed by atoms with van der Waals surface area (Å²) in [6, 6.07) is 22.1. The number of hydrogen-bond acceptors (Lipinski definition) is 5. The van der Waals surface area contributed by atoms with Crippen LogP contribution in [0, 0.1) is 0 Å². The number of aromatic nitrogens is 1. The quantitative estimate of drug-likeness (QED) is 0.368. The van der Waals surface area contributed by atoms with Crippen molar-refractivity contribution in [3.8, 4) is 0 Å². The summed E-state index contributed by atoms with van der Waals surface area (Å²) in [6.45, 7) is 0.296. The van der Waals surface area contributed by atoms with E-state index in [4.69, 9.17) is 4.84 Å². The molecule has 1 heterocycles. The summed E-state index contributed by atoms with van der Waals surface area (Å²) in [6.07, 6.45) is 1.77. The van der Waals surface area contributed by atoms with Gasteiger partial charge in [0.25, 0.3) is 5.91 Å². The summed E-state index contributed by atoms with van der Waals surface area (Å²) in [7, 11) is 1.45. The number of hydrogen-bond donors (Lipinski definition) is 2. The molecule has 0 saturated carbocycles. The molecule has 0 aliphatic heterocycles. The van der Waals surface area contributed by atoms with E-state index in [0.717, 1.165) is 16.2 Å². The maximum absolute atomic E-state index is 12.9. The van der Waals surface area contributed by atoms with Crippen molar-refractivity contribution in [2.45, 2.75) is 25.6 Å². The third kappa shape index (κ3) is 7.55. The van der Waals surface area contributed by atoms with Crippen LogP contribution < -0.4 is 10.6 Å². The Balaban J connectivity index is 1.63. The Morgan fingerprint density at radius 2 is 1.55 bits per heavy atom. The number of amides is 3. The van der Waals surface area contributed by atoms with Gasteiger partial charge in [-0.2, -0.15) is 0 Å². The average Bonchev–Trinajstić information content (AvgIpc) is 2.86. The second kappa shape index (κ2) is 12.1. The molecule has 3 rings (SSSR count). The Labute approximate surface area is 192 Å². The van der Waals surface area contributed by atoms with Gasteiger partial charge in [-0.15, -0.1) is 0 Å². The van der Waals surface area contributed by atoms with Gasteiger partial charge in [0.15, 0.2) is 0 Å². The minimum absolute atomic E-state index is 0.109. The normalized spacial score (nSPS) is 11.3. The van der Waals surface area contributed by atoms with Crippen molar-refractivity contribution in [3.63, 3.8) is 0 Å². The molecule has 2 N–H and O–H groups in total. The lowest BCUT2D eigenvalue weighted by molar-refractivity contribution is -0.139. The van der Waals surface area contributed by atoms with Crippen LogP contribution in [0.25, 0.3) is 0 Å². The van der Waals surface area contributed by atoms with Crippen molar-refractivity contribution >= 4 is 17.7 Å². The van der Waals surface area contributed by atoms with Gasteiger partial charge in [0.05, 0.1) is 12.2 Å². The zero-order valence-corrected chi connectivity index (χ0v) is 18.3. The average molecular weight is 447 g/mol. The number of hydroxylamine groups is 2. The van der Waals surface area contributed by atoms with Crippen LogP contribution in [-0.4, -0.2) is 40.9 Å². The first kappa shape index (κ1) is 23.6. The lowest BCUT2D eigenvalue weighted by atomic mass is 10.0. The minimum atomic E-state index is -1.06. The van der Waals surface area contributed by atoms with Crippen LogP contribution in [0.3, 0.4) is 0 Å². The first-order valence-electron chi connectivity index (χ1n) is 10.5. The van der Waals surface area contributed by atoms with Gasteiger partial charge in [0, 0.05) is 19.7 Å². The van der Waals surface area contributed by atoms with E-state index < -0.39 is 23.8 Å². The highest BCUT2D eigenvalue weighted by atomic mass is 16.7. The number of Topliss-reactive ketones (excluding diaryl/α,β-unsaturated/α-hetero) is 1. The van der Waals surface area contributed by atoms with Gasteiger partial charge >= 0.3 is 6.03 Å². The van der Waals surface area contributed by atoms with Gasteiger partial charge in [-0.25, -0.2) is 9.86 Å². The van der Waals surface area contributed by atoms with Crippen molar-refractivity contribution in [1.82, 2.24) is 20.7 Å². The molecule has 1 aromatic heterocycles. The van der Waals surface area contributed by atoms with E-state index in [1.165, 1.54) is 7.05 Å². The van der Waals surface area contributed by atoms with E-state index in [1.807, 2.05) is 60.7 Å². The molecule has 8 heteroatoms. The molecule has 0 bridgehead atoms. The lowest BCUT2D eigenvalue weighted by Crippen LogP contribution is -2.51. The van der Waals surface area contributed by atoms with Crippen LogP contribution in [-0.2, 0) is 34.0 Å². The van der Waals surface area contributed by atoms with Gasteiger partial charge in [-0.1, -0.05) is 66.7 Å².